The van der Waals surface area contributed by atoms with Crippen LogP contribution < -0.4 is 15.8 Å². The van der Waals surface area contributed by atoms with Crippen LogP contribution in [0.25, 0.3) is 10.9 Å². The first kappa shape index (κ1) is 27.6. The Bertz CT molecular complexity index is 1360. The number of aromatic amines is 1. The summed E-state index contributed by atoms with van der Waals surface area (Å²) < 4.78 is 0. The maximum atomic E-state index is 12.3. The largest absolute Gasteiger partial charge is 0.481 e. The van der Waals surface area contributed by atoms with Gasteiger partial charge in [-0.3, -0.25) is 19.2 Å². The fourth-order valence-electron chi connectivity index (χ4n) is 3.26. The fourth-order valence-corrected chi connectivity index (χ4v) is 3.26. The molecule has 3 rings (SSSR count). The average Bonchev–Trinajstić information content (AvgIpc) is 2.83. The Hall–Kier alpha value is -4.65. The molecule has 1 amide bonds. The predicted molar refractivity (Wildman–Crippen MR) is 136 cm³/mol. The molecule has 0 atom stereocenters. The number of terminal acetylenes is 1. The van der Waals surface area contributed by atoms with E-state index in [2.05, 4.69) is 21.2 Å². The minimum absolute atomic E-state index is 0.191. The fraction of sp³-hybridized carbons (Fsp3) is 0.269. The minimum Gasteiger partial charge on any atom is -0.481 e. The highest BCUT2D eigenvalue weighted by molar-refractivity contribution is 5.96. The summed E-state index contributed by atoms with van der Waals surface area (Å²) in [5.41, 5.74) is 3.51. The number of nitrogens with zero attached hydrogens (tertiary/aromatic N) is 2. The molecular formula is C26H28N4O6. The number of aliphatic carboxylic acids is 2. The molecular weight excluding hydrogens is 464 g/mol. The number of anilines is 1. The molecule has 0 radical (unpaired) electrons. The van der Waals surface area contributed by atoms with Gasteiger partial charge in [0.2, 0.25) is 0 Å². The van der Waals surface area contributed by atoms with E-state index in [1.807, 2.05) is 24.0 Å². The molecule has 0 aliphatic carbocycles. The maximum absolute atomic E-state index is 12.3. The van der Waals surface area contributed by atoms with E-state index in [-0.39, 0.29) is 12.0 Å². The third kappa shape index (κ3) is 7.70. The Morgan fingerprint density at radius 3 is 2.31 bits per heavy atom. The Morgan fingerprint density at radius 2 is 1.75 bits per heavy atom. The normalized spacial score (nSPS) is 10.1. The topological polar surface area (TPSA) is 153 Å². The zero-order valence-electron chi connectivity index (χ0n) is 20.3. The number of benzene rings is 2. The number of carbonyl (C=O) groups excluding carboxylic acids is 1. The van der Waals surface area contributed by atoms with Crippen molar-refractivity contribution in [2.45, 2.75) is 33.7 Å². The number of hydrogen-bond donors (Lipinski definition) is 4. The van der Waals surface area contributed by atoms with Gasteiger partial charge in [-0.2, -0.15) is 0 Å². The number of nitrogens with one attached hydrogen (secondary N) is 2. The second-order valence-electron chi connectivity index (χ2n) is 7.88. The lowest BCUT2D eigenvalue weighted by Gasteiger charge is -2.24. The van der Waals surface area contributed by atoms with Gasteiger partial charge in [0.05, 0.1) is 17.4 Å². The number of aromatic nitrogens is 2. The summed E-state index contributed by atoms with van der Waals surface area (Å²) >= 11 is 0. The van der Waals surface area contributed by atoms with Crippen molar-refractivity contribution >= 4 is 34.4 Å². The van der Waals surface area contributed by atoms with E-state index in [0.29, 0.717) is 35.4 Å². The van der Waals surface area contributed by atoms with Gasteiger partial charge in [-0.1, -0.05) is 12.8 Å². The molecule has 0 unspecified atom stereocenters. The number of carbonyl (C=O) groups is 3. The van der Waals surface area contributed by atoms with E-state index in [9.17, 15) is 19.2 Å². The zero-order valence-corrected chi connectivity index (χ0v) is 20.3. The number of rotatable bonds is 8. The summed E-state index contributed by atoms with van der Waals surface area (Å²) in [6.07, 6.45) is 5.78. The number of amides is 1. The monoisotopic (exact) mass is 492 g/mol. The predicted octanol–water partition coefficient (Wildman–Crippen LogP) is 2.48. The van der Waals surface area contributed by atoms with E-state index in [1.54, 1.807) is 38.1 Å². The van der Waals surface area contributed by atoms with E-state index < -0.39 is 24.4 Å². The van der Waals surface area contributed by atoms with Gasteiger partial charge < -0.3 is 25.4 Å². The molecule has 36 heavy (non-hydrogen) atoms. The number of carboxylic acids is 2. The van der Waals surface area contributed by atoms with Gasteiger partial charge in [-0.25, -0.2) is 4.98 Å². The molecule has 0 bridgehead atoms. The van der Waals surface area contributed by atoms with Gasteiger partial charge >= 0.3 is 11.9 Å². The smallest absolute Gasteiger partial charge is 0.322 e. The van der Waals surface area contributed by atoms with Crippen molar-refractivity contribution in [2.24, 2.45) is 0 Å². The van der Waals surface area contributed by atoms with Crippen LogP contribution in [0.4, 0.5) is 5.69 Å². The third-order valence-electron chi connectivity index (χ3n) is 5.12. The van der Waals surface area contributed by atoms with Gasteiger partial charge in [0.25, 0.3) is 11.5 Å². The quantitative estimate of drug-likeness (QED) is 0.350. The standard InChI is InChI=1S/C23H22N4O4.C3H6O2/c1-4-9-27(18-7-5-16(6-8-18)22(30)24-12-21(28)29)13-17-11-19-20(10-14(17)2)25-15(3)26-23(19)31;1-2-3(4)5/h1,5-8,10-11H,9,12-13H2,2-3H3,(H,24,30)(H,28,29)(H,25,26,31);2H2,1H3,(H,4,5). The van der Waals surface area contributed by atoms with Crippen LogP contribution in [0.15, 0.2) is 41.2 Å². The molecule has 0 aliphatic rings. The molecule has 0 saturated carbocycles. The lowest BCUT2D eigenvalue weighted by atomic mass is 10.0. The van der Waals surface area contributed by atoms with E-state index in [0.717, 1.165) is 16.8 Å². The zero-order chi connectivity index (χ0) is 26.8. The van der Waals surface area contributed by atoms with Crippen LogP contribution in [-0.4, -0.2) is 51.1 Å². The van der Waals surface area contributed by atoms with Crippen molar-refractivity contribution < 1.29 is 24.6 Å². The molecule has 10 nitrogen and oxygen atoms in total. The Balaban J connectivity index is 0.000000830. The molecule has 2 aromatic carbocycles. The van der Waals surface area contributed by atoms with Crippen LogP contribution in [0.5, 0.6) is 0 Å². The summed E-state index contributed by atoms with van der Waals surface area (Å²) in [7, 11) is 0. The van der Waals surface area contributed by atoms with Crippen molar-refractivity contribution in [3.63, 3.8) is 0 Å². The van der Waals surface area contributed by atoms with Crippen molar-refractivity contribution in [2.75, 3.05) is 18.0 Å². The van der Waals surface area contributed by atoms with Crippen LogP contribution in [0, 0.1) is 26.2 Å². The number of hydrogen-bond acceptors (Lipinski definition) is 6. The third-order valence-corrected chi connectivity index (χ3v) is 5.12. The number of carboxylic acid groups (broad SMARTS) is 2. The van der Waals surface area contributed by atoms with Gasteiger partial charge in [-0.15, -0.1) is 6.42 Å². The molecule has 1 heterocycles. The molecule has 4 N–H and O–H groups in total. The Morgan fingerprint density at radius 1 is 1.11 bits per heavy atom. The van der Waals surface area contributed by atoms with Crippen LogP contribution in [0.2, 0.25) is 0 Å². The van der Waals surface area contributed by atoms with Crippen molar-refractivity contribution in [1.29, 1.82) is 0 Å². The van der Waals surface area contributed by atoms with Gasteiger partial charge in [0, 0.05) is 24.2 Å². The first-order chi connectivity index (χ1) is 17.0. The van der Waals surface area contributed by atoms with Crippen molar-refractivity contribution in [1.82, 2.24) is 15.3 Å². The van der Waals surface area contributed by atoms with Crippen LogP contribution in [-0.2, 0) is 16.1 Å². The van der Waals surface area contributed by atoms with Crippen LogP contribution in [0.1, 0.15) is 40.7 Å². The molecule has 0 spiro atoms. The molecule has 188 valence electrons. The summed E-state index contributed by atoms with van der Waals surface area (Å²) in [4.78, 5) is 53.4. The SMILES string of the molecule is C#CCN(Cc1cc2c(=O)[nH]c(C)nc2cc1C)c1ccc(C(=O)NCC(=O)O)cc1.CCC(=O)O. The van der Waals surface area contributed by atoms with Crippen LogP contribution in [0.3, 0.4) is 0 Å². The highest BCUT2D eigenvalue weighted by Gasteiger charge is 2.13. The Labute approximate surface area is 208 Å². The second-order valence-corrected chi connectivity index (χ2v) is 7.88. The number of aryl methyl sites for hydroxylation is 2. The summed E-state index contributed by atoms with van der Waals surface area (Å²) in [5.74, 6) is 0.870. The summed E-state index contributed by atoms with van der Waals surface area (Å²) in [5, 5.41) is 19.2. The van der Waals surface area contributed by atoms with E-state index >= 15 is 0 Å². The highest BCUT2D eigenvalue weighted by Crippen LogP contribution is 2.22. The van der Waals surface area contributed by atoms with Crippen molar-refractivity contribution in [3.8, 4) is 12.3 Å². The highest BCUT2D eigenvalue weighted by atomic mass is 16.4. The molecule has 0 saturated heterocycles. The number of H-pyrrole nitrogens is 1. The molecule has 0 aliphatic heterocycles. The molecule has 3 aromatic rings. The number of fused-ring (bicyclic) bond motifs is 1. The minimum atomic E-state index is -1.11. The first-order valence-electron chi connectivity index (χ1n) is 11.1. The van der Waals surface area contributed by atoms with Crippen LogP contribution >= 0.6 is 0 Å². The molecule has 1 aromatic heterocycles. The van der Waals surface area contributed by atoms with E-state index in [1.165, 1.54) is 0 Å². The molecule has 10 heteroatoms. The first-order valence-corrected chi connectivity index (χ1v) is 11.1. The summed E-state index contributed by atoms with van der Waals surface area (Å²) in [6, 6.07) is 10.4. The van der Waals surface area contributed by atoms with Crippen molar-refractivity contribution in [3.05, 3.63) is 69.3 Å². The van der Waals surface area contributed by atoms with E-state index in [4.69, 9.17) is 16.6 Å². The van der Waals surface area contributed by atoms with Gasteiger partial charge in [0.15, 0.2) is 0 Å². The van der Waals surface area contributed by atoms with Gasteiger partial charge in [0.1, 0.15) is 12.4 Å². The average molecular weight is 493 g/mol. The van der Waals surface area contributed by atoms with Gasteiger partial charge in [-0.05, 0) is 61.4 Å². The Kier molecular flexibility index (Phi) is 9.74. The lowest BCUT2D eigenvalue weighted by molar-refractivity contribution is -0.137. The second kappa shape index (κ2) is 12.7. The maximum Gasteiger partial charge on any atom is 0.322 e. The lowest BCUT2D eigenvalue weighted by Crippen LogP contribution is -2.29. The summed E-state index contributed by atoms with van der Waals surface area (Å²) in [6.45, 7) is 5.64. The molecule has 0 fully saturated rings.